The van der Waals surface area contributed by atoms with Crippen LogP contribution in [0.5, 0.6) is 0 Å². The van der Waals surface area contributed by atoms with Crippen molar-refractivity contribution in [2.24, 2.45) is 0 Å². The van der Waals surface area contributed by atoms with Gasteiger partial charge in [-0.1, -0.05) is 54.7 Å². The Morgan fingerprint density at radius 2 is 1.87 bits per heavy atom. The smallest absolute Gasteiger partial charge is 0.300 e. The molecule has 2 heterocycles. The SMILES string of the molecule is CCc1ccc2nc(NC(=O)Cn3c(=O)ccn(Cc4ccccc4)c3=O)sc2c1. The fourth-order valence-electron chi connectivity index (χ4n) is 3.15. The van der Waals surface area contributed by atoms with E-state index in [9.17, 15) is 14.4 Å². The van der Waals surface area contributed by atoms with Gasteiger partial charge in [0, 0.05) is 12.3 Å². The summed E-state index contributed by atoms with van der Waals surface area (Å²) in [5.41, 5.74) is 1.87. The number of amides is 1. The van der Waals surface area contributed by atoms with Crippen LogP contribution in [0.1, 0.15) is 18.1 Å². The molecule has 4 rings (SSSR count). The Morgan fingerprint density at radius 3 is 2.63 bits per heavy atom. The molecule has 0 atom stereocenters. The minimum atomic E-state index is -0.529. The molecule has 0 unspecified atom stereocenters. The first-order chi connectivity index (χ1) is 14.5. The van der Waals surface area contributed by atoms with Crippen LogP contribution in [0.4, 0.5) is 5.13 Å². The van der Waals surface area contributed by atoms with Crippen LogP contribution in [0.2, 0.25) is 0 Å². The van der Waals surface area contributed by atoms with E-state index < -0.39 is 17.2 Å². The lowest BCUT2D eigenvalue weighted by molar-refractivity contribution is -0.116. The van der Waals surface area contributed by atoms with Gasteiger partial charge < -0.3 is 5.32 Å². The van der Waals surface area contributed by atoms with Gasteiger partial charge in [0.15, 0.2) is 5.13 Å². The maximum atomic E-state index is 12.7. The monoisotopic (exact) mass is 420 g/mol. The van der Waals surface area contributed by atoms with E-state index in [0.29, 0.717) is 11.7 Å². The van der Waals surface area contributed by atoms with Gasteiger partial charge in [-0.05, 0) is 29.7 Å². The molecule has 0 bridgehead atoms. The number of hydrogen-bond acceptors (Lipinski definition) is 5. The maximum absolute atomic E-state index is 12.7. The number of hydrogen-bond donors (Lipinski definition) is 1. The predicted molar refractivity (Wildman–Crippen MR) is 118 cm³/mol. The van der Waals surface area contributed by atoms with Crippen molar-refractivity contribution in [2.45, 2.75) is 26.4 Å². The summed E-state index contributed by atoms with van der Waals surface area (Å²) in [6, 6.07) is 16.7. The molecule has 0 fully saturated rings. The zero-order chi connectivity index (χ0) is 21.1. The average molecular weight is 420 g/mol. The Hall–Kier alpha value is -3.52. The lowest BCUT2D eigenvalue weighted by Crippen LogP contribution is -2.41. The standard InChI is InChI=1S/C22H20N4O3S/c1-2-15-8-9-17-18(12-15)30-21(23-17)24-19(27)14-26-20(28)10-11-25(22(26)29)13-16-6-4-3-5-7-16/h3-12H,2,13-14H2,1H3,(H,23,24,27). The average Bonchev–Trinajstić information content (AvgIpc) is 3.15. The number of anilines is 1. The fourth-order valence-corrected chi connectivity index (χ4v) is 4.09. The van der Waals surface area contributed by atoms with Crippen molar-refractivity contribution >= 4 is 32.6 Å². The first kappa shape index (κ1) is 19.8. The molecule has 0 aliphatic rings. The van der Waals surface area contributed by atoms with Crippen molar-refractivity contribution in [1.29, 1.82) is 0 Å². The Balaban J connectivity index is 1.53. The molecule has 0 saturated carbocycles. The minimum absolute atomic E-state index is 0.319. The molecule has 2 aromatic heterocycles. The summed E-state index contributed by atoms with van der Waals surface area (Å²) in [7, 11) is 0. The molecule has 8 heteroatoms. The Bertz CT molecular complexity index is 1320. The lowest BCUT2D eigenvalue weighted by atomic mass is 10.2. The van der Waals surface area contributed by atoms with E-state index >= 15 is 0 Å². The Morgan fingerprint density at radius 1 is 1.07 bits per heavy atom. The molecule has 2 aromatic carbocycles. The zero-order valence-electron chi connectivity index (χ0n) is 16.4. The number of nitrogens with zero attached hydrogens (tertiary/aromatic N) is 3. The summed E-state index contributed by atoms with van der Waals surface area (Å²) < 4.78 is 3.32. The second-order valence-electron chi connectivity index (χ2n) is 6.86. The van der Waals surface area contributed by atoms with Gasteiger partial charge in [-0.3, -0.25) is 18.7 Å². The number of carbonyl (C=O) groups is 1. The molecule has 0 aliphatic heterocycles. The van der Waals surface area contributed by atoms with Crippen molar-refractivity contribution in [1.82, 2.24) is 14.1 Å². The van der Waals surface area contributed by atoms with E-state index in [2.05, 4.69) is 17.2 Å². The molecule has 1 N–H and O–H groups in total. The second kappa shape index (κ2) is 8.46. The zero-order valence-corrected chi connectivity index (χ0v) is 17.2. The largest absolute Gasteiger partial charge is 0.331 e. The van der Waals surface area contributed by atoms with Gasteiger partial charge in [0.2, 0.25) is 5.91 Å². The Kier molecular flexibility index (Phi) is 5.58. The highest BCUT2D eigenvalue weighted by Gasteiger charge is 2.13. The minimum Gasteiger partial charge on any atom is -0.300 e. The first-order valence-electron chi connectivity index (χ1n) is 9.57. The molecule has 0 saturated heterocycles. The van der Waals surface area contributed by atoms with Gasteiger partial charge in [0.1, 0.15) is 6.54 Å². The summed E-state index contributed by atoms with van der Waals surface area (Å²) in [4.78, 5) is 41.8. The number of aryl methyl sites for hydroxylation is 1. The third-order valence-electron chi connectivity index (χ3n) is 4.74. The van der Waals surface area contributed by atoms with Crippen LogP contribution in [-0.4, -0.2) is 20.0 Å². The van der Waals surface area contributed by atoms with Crippen molar-refractivity contribution in [3.8, 4) is 0 Å². The molecular weight excluding hydrogens is 400 g/mol. The lowest BCUT2D eigenvalue weighted by Gasteiger charge is -2.09. The van der Waals surface area contributed by atoms with Gasteiger partial charge in [0.05, 0.1) is 16.8 Å². The van der Waals surface area contributed by atoms with Gasteiger partial charge in [-0.25, -0.2) is 9.78 Å². The summed E-state index contributed by atoms with van der Waals surface area (Å²) in [5.74, 6) is -0.471. The van der Waals surface area contributed by atoms with E-state index in [4.69, 9.17) is 0 Å². The molecule has 7 nitrogen and oxygen atoms in total. The summed E-state index contributed by atoms with van der Waals surface area (Å²) >= 11 is 1.37. The van der Waals surface area contributed by atoms with Gasteiger partial charge in [-0.15, -0.1) is 0 Å². The number of carbonyl (C=O) groups excluding carboxylic acids is 1. The molecule has 0 spiro atoms. The van der Waals surface area contributed by atoms with Crippen molar-refractivity contribution < 1.29 is 4.79 Å². The van der Waals surface area contributed by atoms with Gasteiger partial charge >= 0.3 is 5.69 Å². The van der Waals surface area contributed by atoms with Crippen molar-refractivity contribution in [3.05, 3.63) is 92.8 Å². The number of thiazole rings is 1. The third-order valence-corrected chi connectivity index (χ3v) is 5.68. The fraction of sp³-hybridized carbons (Fsp3) is 0.182. The summed E-state index contributed by atoms with van der Waals surface area (Å²) in [6.07, 6.45) is 2.37. The van der Waals surface area contributed by atoms with Gasteiger partial charge in [-0.2, -0.15) is 0 Å². The molecule has 0 aliphatic carbocycles. The number of fused-ring (bicyclic) bond motifs is 1. The topological polar surface area (TPSA) is 86.0 Å². The summed E-state index contributed by atoms with van der Waals surface area (Å²) in [6.45, 7) is 2.02. The highest BCUT2D eigenvalue weighted by Crippen LogP contribution is 2.26. The van der Waals surface area contributed by atoms with Crippen LogP contribution in [0, 0.1) is 0 Å². The molecule has 152 valence electrons. The number of benzene rings is 2. The van der Waals surface area contributed by atoms with E-state index in [1.54, 1.807) is 0 Å². The second-order valence-corrected chi connectivity index (χ2v) is 7.89. The van der Waals surface area contributed by atoms with E-state index in [0.717, 1.165) is 26.8 Å². The number of aromatic nitrogens is 3. The predicted octanol–water partition coefficient (Wildman–Crippen LogP) is 2.87. The quantitative estimate of drug-likeness (QED) is 0.520. The van der Waals surface area contributed by atoms with Crippen LogP contribution in [-0.2, 0) is 24.3 Å². The van der Waals surface area contributed by atoms with Crippen molar-refractivity contribution in [2.75, 3.05) is 5.32 Å². The number of nitrogens with one attached hydrogen (secondary N) is 1. The molecule has 4 aromatic rings. The normalized spacial score (nSPS) is 11.0. The van der Waals surface area contributed by atoms with Crippen LogP contribution < -0.4 is 16.6 Å². The molecular formula is C22H20N4O3S. The molecule has 0 radical (unpaired) electrons. The number of rotatable bonds is 6. The maximum Gasteiger partial charge on any atom is 0.331 e. The van der Waals surface area contributed by atoms with E-state index in [-0.39, 0.29) is 6.54 Å². The highest BCUT2D eigenvalue weighted by molar-refractivity contribution is 7.22. The van der Waals surface area contributed by atoms with Crippen LogP contribution in [0.15, 0.2) is 70.4 Å². The van der Waals surface area contributed by atoms with Crippen LogP contribution in [0.25, 0.3) is 10.2 Å². The summed E-state index contributed by atoms with van der Waals surface area (Å²) in [5, 5.41) is 3.14. The van der Waals surface area contributed by atoms with Gasteiger partial charge in [0.25, 0.3) is 5.56 Å². The third kappa shape index (κ3) is 4.23. The van der Waals surface area contributed by atoms with E-state index in [1.807, 2.05) is 48.5 Å². The van der Waals surface area contributed by atoms with Crippen LogP contribution in [0.3, 0.4) is 0 Å². The highest BCUT2D eigenvalue weighted by atomic mass is 32.1. The molecule has 30 heavy (non-hydrogen) atoms. The first-order valence-corrected chi connectivity index (χ1v) is 10.4. The molecule has 1 amide bonds. The van der Waals surface area contributed by atoms with E-state index in [1.165, 1.54) is 33.7 Å². The van der Waals surface area contributed by atoms with Crippen molar-refractivity contribution in [3.63, 3.8) is 0 Å². The Labute approximate surface area is 176 Å². The van der Waals surface area contributed by atoms with Crippen LogP contribution >= 0.6 is 11.3 Å².